The van der Waals surface area contributed by atoms with Crippen LogP contribution in [0.1, 0.15) is 0 Å². The lowest BCUT2D eigenvalue weighted by atomic mass is 10.4. The Morgan fingerprint density at radius 3 is 1.50 bits per heavy atom. The second-order valence-corrected chi connectivity index (χ2v) is 8.59. The van der Waals surface area contributed by atoms with E-state index >= 15 is 0 Å². The van der Waals surface area contributed by atoms with Gasteiger partial charge < -0.3 is 4.57 Å². The molecule has 0 fully saturated rings. The summed E-state index contributed by atoms with van der Waals surface area (Å²) in [4.78, 5) is 0. The van der Waals surface area contributed by atoms with Crippen molar-refractivity contribution in [2.45, 2.75) is 0 Å². The van der Waals surface area contributed by atoms with Crippen LogP contribution in [0.3, 0.4) is 0 Å². The number of hydrogen-bond donors (Lipinski definition) is 0. The van der Waals surface area contributed by atoms with E-state index in [1.54, 1.807) is 0 Å². The number of rotatable bonds is 4. The summed E-state index contributed by atoms with van der Waals surface area (Å²) in [6.45, 7) is 4.13. The van der Waals surface area contributed by atoms with Crippen LogP contribution < -0.4 is 10.4 Å². The van der Waals surface area contributed by atoms with E-state index in [0.29, 0.717) is 0 Å². The molecule has 2 aromatic rings. The van der Waals surface area contributed by atoms with Crippen molar-refractivity contribution in [3.63, 3.8) is 0 Å². The summed E-state index contributed by atoms with van der Waals surface area (Å²) in [5, 5.41) is 2.74. The van der Waals surface area contributed by atoms with Crippen LogP contribution in [0.15, 0.2) is 72.9 Å². The minimum absolute atomic E-state index is 1.37. The van der Waals surface area contributed by atoms with Gasteiger partial charge >= 0.3 is 0 Å². The highest BCUT2D eigenvalue weighted by atomic mass is 28.3. The molecule has 0 saturated carbocycles. The molecular weight excluding hydrogens is 234 g/mol. The predicted molar refractivity (Wildman–Crippen MR) is 81.8 cm³/mol. The second-order valence-electron chi connectivity index (χ2n) is 4.60. The normalized spacial score (nSPS) is 11.5. The number of hydrogen-bond acceptors (Lipinski definition) is 1. The monoisotopic (exact) mass is 253 g/mol. The Morgan fingerprint density at radius 1 is 0.833 bits per heavy atom. The molecule has 0 aliphatic rings. The molecule has 0 radical (unpaired) electrons. The molecule has 0 aliphatic heterocycles. The molecule has 0 unspecified atom stereocenters. The molecule has 0 saturated heterocycles. The van der Waals surface area contributed by atoms with E-state index in [4.69, 9.17) is 0 Å². The molecule has 2 heteroatoms. The van der Waals surface area contributed by atoms with Crippen LogP contribution in [0.4, 0.5) is 0 Å². The SMILES string of the molecule is C=C[Si](c1ccccc1)(c1ccccc1)N(C)C. The van der Waals surface area contributed by atoms with Crippen molar-refractivity contribution in [3.8, 4) is 0 Å². The Hall–Kier alpha value is -1.64. The van der Waals surface area contributed by atoms with Crippen molar-refractivity contribution in [2.75, 3.05) is 14.1 Å². The molecule has 0 aliphatic carbocycles. The van der Waals surface area contributed by atoms with Gasteiger partial charge in [0, 0.05) is 0 Å². The first-order chi connectivity index (χ1) is 8.71. The lowest BCUT2D eigenvalue weighted by Gasteiger charge is -2.35. The minimum Gasteiger partial charge on any atom is -0.319 e. The molecule has 0 atom stereocenters. The minimum atomic E-state index is -2.00. The van der Waals surface area contributed by atoms with Gasteiger partial charge in [0.2, 0.25) is 8.24 Å². The van der Waals surface area contributed by atoms with Gasteiger partial charge in [-0.25, -0.2) is 0 Å². The zero-order chi connectivity index (χ0) is 13.0. The van der Waals surface area contributed by atoms with E-state index in [1.165, 1.54) is 10.4 Å². The van der Waals surface area contributed by atoms with Crippen molar-refractivity contribution in [1.82, 2.24) is 4.57 Å². The van der Waals surface area contributed by atoms with Crippen LogP contribution in [0.25, 0.3) is 0 Å². The predicted octanol–water partition coefficient (Wildman–Crippen LogP) is 2.03. The molecule has 2 rings (SSSR count). The quantitative estimate of drug-likeness (QED) is 0.754. The first-order valence-electron chi connectivity index (χ1n) is 6.14. The first-order valence-corrected chi connectivity index (χ1v) is 8.16. The third-order valence-electron chi connectivity index (χ3n) is 3.43. The topological polar surface area (TPSA) is 3.24 Å². The lowest BCUT2D eigenvalue weighted by Crippen LogP contribution is -2.66. The Labute approximate surface area is 110 Å². The highest BCUT2D eigenvalue weighted by Gasteiger charge is 2.36. The van der Waals surface area contributed by atoms with E-state index in [1.807, 2.05) is 0 Å². The van der Waals surface area contributed by atoms with Crippen LogP contribution in [-0.4, -0.2) is 26.9 Å². The maximum atomic E-state index is 4.13. The van der Waals surface area contributed by atoms with Gasteiger partial charge in [-0.05, 0) is 24.5 Å². The average molecular weight is 253 g/mol. The second kappa shape index (κ2) is 5.34. The summed E-state index contributed by atoms with van der Waals surface area (Å²) in [5.74, 6) is 0. The standard InChI is InChI=1S/C16H19NSi/c1-4-18(17(2)3,15-11-7-5-8-12-15)16-13-9-6-10-14-16/h4-14H,1H2,2-3H3. The molecule has 0 heterocycles. The zero-order valence-electron chi connectivity index (χ0n) is 11.0. The van der Waals surface area contributed by atoms with Gasteiger partial charge in [-0.1, -0.05) is 66.4 Å². The molecule has 0 bridgehead atoms. The third kappa shape index (κ3) is 2.05. The van der Waals surface area contributed by atoms with Crippen molar-refractivity contribution >= 4 is 18.6 Å². The summed E-state index contributed by atoms with van der Waals surface area (Å²) in [6.07, 6.45) is 0. The van der Waals surface area contributed by atoms with Crippen molar-refractivity contribution in [3.05, 3.63) is 72.9 Å². The van der Waals surface area contributed by atoms with Gasteiger partial charge in [0.25, 0.3) is 0 Å². The summed E-state index contributed by atoms with van der Waals surface area (Å²) < 4.78 is 2.34. The Morgan fingerprint density at radius 2 is 1.22 bits per heavy atom. The lowest BCUT2D eigenvalue weighted by molar-refractivity contribution is 0.644. The van der Waals surface area contributed by atoms with Crippen LogP contribution in [0, 0.1) is 0 Å². The molecule has 0 spiro atoms. The molecule has 18 heavy (non-hydrogen) atoms. The van der Waals surface area contributed by atoms with Crippen LogP contribution in [-0.2, 0) is 0 Å². The van der Waals surface area contributed by atoms with Crippen LogP contribution >= 0.6 is 0 Å². The van der Waals surface area contributed by atoms with Gasteiger partial charge in [-0.2, -0.15) is 0 Å². The van der Waals surface area contributed by atoms with Gasteiger partial charge in [0.1, 0.15) is 0 Å². The molecule has 0 N–H and O–H groups in total. The van der Waals surface area contributed by atoms with E-state index < -0.39 is 8.24 Å². The molecule has 0 amide bonds. The average Bonchev–Trinajstić information content (AvgIpc) is 2.42. The Balaban J connectivity index is 2.65. The van der Waals surface area contributed by atoms with E-state index in [2.05, 4.69) is 91.6 Å². The van der Waals surface area contributed by atoms with Crippen LogP contribution in [0.2, 0.25) is 0 Å². The Kier molecular flexibility index (Phi) is 3.80. The Bertz CT molecular complexity index is 466. The van der Waals surface area contributed by atoms with E-state index in [0.717, 1.165) is 0 Å². The summed E-state index contributed by atoms with van der Waals surface area (Å²) >= 11 is 0. The van der Waals surface area contributed by atoms with Crippen molar-refractivity contribution in [1.29, 1.82) is 0 Å². The summed E-state index contributed by atoms with van der Waals surface area (Å²) in [6, 6.07) is 21.4. The van der Waals surface area contributed by atoms with Crippen molar-refractivity contribution in [2.24, 2.45) is 0 Å². The van der Waals surface area contributed by atoms with E-state index in [-0.39, 0.29) is 0 Å². The fourth-order valence-electron chi connectivity index (χ4n) is 2.49. The number of benzene rings is 2. The van der Waals surface area contributed by atoms with E-state index in [9.17, 15) is 0 Å². The summed E-state index contributed by atoms with van der Waals surface area (Å²) in [5.41, 5.74) is 2.15. The molecular formula is C16H19NSi. The smallest absolute Gasteiger partial charge is 0.216 e. The third-order valence-corrected chi connectivity index (χ3v) is 7.86. The van der Waals surface area contributed by atoms with Crippen molar-refractivity contribution < 1.29 is 0 Å². The van der Waals surface area contributed by atoms with Crippen LogP contribution in [0.5, 0.6) is 0 Å². The first kappa shape index (κ1) is 12.8. The maximum Gasteiger partial charge on any atom is 0.216 e. The molecule has 92 valence electrons. The maximum absolute atomic E-state index is 4.13. The summed E-state index contributed by atoms with van der Waals surface area (Å²) in [7, 11) is 2.29. The van der Waals surface area contributed by atoms with Gasteiger partial charge in [0.05, 0.1) is 0 Å². The highest BCUT2D eigenvalue weighted by Crippen LogP contribution is 2.09. The molecule has 2 aromatic carbocycles. The van der Waals surface area contributed by atoms with Gasteiger partial charge in [0.15, 0.2) is 0 Å². The van der Waals surface area contributed by atoms with Gasteiger partial charge in [-0.15, -0.1) is 6.58 Å². The fourth-order valence-corrected chi connectivity index (χ4v) is 6.09. The fraction of sp³-hybridized carbons (Fsp3) is 0.125. The zero-order valence-corrected chi connectivity index (χ0v) is 12.0. The van der Waals surface area contributed by atoms with Gasteiger partial charge in [-0.3, -0.25) is 0 Å². The molecule has 1 nitrogen and oxygen atoms in total. The molecule has 0 aromatic heterocycles. The largest absolute Gasteiger partial charge is 0.319 e. The highest BCUT2D eigenvalue weighted by molar-refractivity contribution is 7.03. The number of nitrogens with zero attached hydrogens (tertiary/aromatic N) is 1.